The number of anilines is 1. The molecular formula is C29H39N3O4. The van der Waals surface area contributed by atoms with Gasteiger partial charge in [-0.05, 0) is 75.2 Å². The van der Waals surface area contributed by atoms with E-state index in [0.717, 1.165) is 18.0 Å². The number of hydrogen-bond donors (Lipinski definition) is 2. The number of hydrogen-bond acceptors (Lipinski definition) is 5. The molecule has 0 spiro atoms. The second kappa shape index (κ2) is 12.9. The molecule has 7 heteroatoms. The van der Waals surface area contributed by atoms with E-state index in [0.29, 0.717) is 0 Å². The number of piperidine rings is 1. The molecule has 5 rings (SSSR count). The van der Waals surface area contributed by atoms with E-state index < -0.39 is 11.9 Å². The third kappa shape index (κ3) is 7.08. The van der Waals surface area contributed by atoms with E-state index in [4.69, 9.17) is 19.8 Å². The second-order valence-corrected chi connectivity index (χ2v) is 10.2. The standard InChI is InChI=1S/C27H37N3.C2H2O4/c1-3-7-23(8-4-1)24-11-13-26(14-12-24)28-17-15-27(16-18-28)30-21-19-29(20-22-30)25-9-5-2-6-10-25;3-1(4)2(5)6/h1-10,24,26-27H,11-22H2;(H,3,4)(H,5,6). The van der Waals surface area contributed by atoms with Crippen molar-refractivity contribution < 1.29 is 19.8 Å². The summed E-state index contributed by atoms with van der Waals surface area (Å²) < 4.78 is 0. The van der Waals surface area contributed by atoms with Crippen molar-refractivity contribution >= 4 is 17.6 Å². The first-order valence-corrected chi connectivity index (χ1v) is 13.3. The lowest BCUT2D eigenvalue weighted by molar-refractivity contribution is -0.159. The van der Waals surface area contributed by atoms with Crippen LogP contribution in [0.15, 0.2) is 60.7 Å². The van der Waals surface area contributed by atoms with Gasteiger partial charge in [-0.15, -0.1) is 0 Å². The molecule has 2 N–H and O–H groups in total. The lowest BCUT2D eigenvalue weighted by Crippen LogP contribution is -2.54. The Morgan fingerprint density at radius 2 is 1.06 bits per heavy atom. The highest BCUT2D eigenvalue weighted by atomic mass is 16.4. The van der Waals surface area contributed by atoms with Crippen LogP contribution in [0.2, 0.25) is 0 Å². The predicted molar refractivity (Wildman–Crippen MR) is 142 cm³/mol. The van der Waals surface area contributed by atoms with Crippen LogP contribution in [0.3, 0.4) is 0 Å². The second-order valence-electron chi connectivity index (χ2n) is 10.2. The molecule has 2 saturated heterocycles. The fourth-order valence-electron chi connectivity index (χ4n) is 6.10. The minimum absolute atomic E-state index is 0.792. The summed E-state index contributed by atoms with van der Waals surface area (Å²) in [5.74, 6) is -2.86. The summed E-state index contributed by atoms with van der Waals surface area (Å²) in [4.78, 5) is 26.4. The van der Waals surface area contributed by atoms with Gasteiger partial charge in [0.05, 0.1) is 0 Å². The number of para-hydroxylation sites is 1. The maximum Gasteiger partial charge on any atom is 0.414 e. The van der Waals surface area contributed by atoms with Crippen LogP contribution in [0.1, 0.15) is 50.0 Å². The molecule has 1 aliphatic carbocycles. The first kappa shape index (κ1) is 26.2. The highest BCUT2D eigenvalue weighted by Gasteiger charge is 2.32. The third-order valence-electron chi connectivity index (χ3n) is 8.12. The molecule has 2 aromatic carbocycles. The zero-order valence-corrected chi connectivity index (χ0v) is 21.0. The molecule has 0 aromatic heterocycles. The molecule has 0 unspecified atom stereocenters. The smallest absolute Gasteiger partial charge is 0.414 e. The molecule has 0 bridgehead atoms. The van der Waals surface area contributed by atoms with Crippen molar-refractivity contribution in [2.75, 3.05) is 44.2 Å². The number of benzene rings is 2. The Morgan fingerprint density at radius 3 is 1.58 bits per heavy atom. The molecule has 3 aliphatic rings. The maximum absolute atomic E-state index is 9.10. The monoisotopic (exact) mass is 493 g/mol. The van der Waals surface area contributed by atoms with Gasteiger partial charge in [0.1, 0.15) is 0 Å². The van der Waals surface area contributed by atoms with E-state index in [2.05, 4.69) is 75.4 Å². The van der Waals surface area contributed by atoms with Crippen molar-refractivity contribution in [3.8, 4) is 0 Å². The molecule has 7 nitrogen and oxygen atoms in total. The van der Waals surface area contributed by atoms with Crippen molar-refractivity contribution in [2.45, 2.75) is 56.5 Å². The van der Waals surface area contributed by atoms with Crippen LogP contribution in [-0.4, -0.2) is 83.3 Å². The Bertz CT molecular complexity index is 867. The Kier molecular flexibility index (Phi) is 9.36. The van der Waals surface area contributed by atoms with E-state index in [9.17, 15) is 0 Å². The Labute approximate surface area is 214 Å². The molecule has 2 aliphatic heterocycles. The quantitative estimate of drug-likeness (QED) is 0.619. The van der Waals surface area contributed by atoms with Crippen LogP contribution in [0.4, 0.5) is 5.69 Å². The molecule has 1 saturated carbocycles. The highest BCUT2D eigenvalue weighted by molar-refractivity contribution is 6.27. The van der Waals surface area contributed by atoms with Gasteiger partial charge < -0.3 is 20.0 Å². The number of carboxylic acids is 2. The van der Waals surface area contributed by atoms with E-state index in [1.165, 1.54) is 83.5 Å². The minimum atomic E-state index is -1.82. The lowest BCUT2D eigenvalue weighted by atomic mass is 9.81. The van der Waals surface area contributed by atoms with Crippen molar-refractivity contribution in [3.05, 3.63) is 66.2 Å². The van der Waals surface area contributed by atoms with Gasteiger partial charge in [-0.1, -0.05) is 48.5 Å². The molecule has 194 valence electrons. The maximum atomic E-state index is 9.10. The average Bonchev–Trinajstić information content (AvgIpc) is 2.95. The largest absolute Gasteiger partial charge is 0.473 e. The van der Waals surface area contributed by atoms with Crippen LogP contribution < -0.4 is 4.90 Å². The van der Waals surface area contributed by atoms with Gasteiger partial charge in [-0.2, -0.15) is 0 Å². The minimum Gasteiger partial charge on any atom is -0.473 e. The summed E-state index contributed by atoms with van der Waals surface area (Å²) in [6.07, 6.45) is 8.25. The molecule has 0 amide bonds. The highest BCUT2D eigenvalue weighted by Crippen LogP contribution is 2.35. The zero-order chi connectivity index (χ0) is 25.3. The summed E-state index contributed by atoms with van der Waals surface area (Å²) in [7, 11) is 0. The van der Waals surface area contributed by atoms with Crippen molar-refractivity contribution in [2.24, 2.45) is 0 Å². The lowest BCUT2D eigenvalue weighted by Gasteiger charge is -2.46. The Hall–Kier alpha value is -2.90. The Balaban J connectivity index is 0.000000455. The van der Waals surface area contributed by atoms with Gasteiger partial charge in [0.25, 0.3) is 0 Å². The Morgan fingerprint density at radius 1 is 0.583 bits per heavy atom. The van der Waals surface area contributed by atoms with Gasteiger partial charge in [0, 0.05) is 44.0 Å². The van der Waals surface area contributed by atoms with Crippen molar-refractivity contribution in [3.63, 3.8) is 0 Å². The van der Waals surface area contributed by atoms with Gasteiger partial charge in [0.15, 0.2) is 0 Å². The molecule has 0 radical (unpaired) electrons. The van der Waals surface area contributed by atoms with Crippen LogP contribution in [-0.2, 0) is 9.59 Å². The molecule has 2 heterocycles. The average molecular weight is 494 g/mol. The summed E-state index contributed by atoms with van der Waals surface area (Å²) in [6, 6.07) is 23.8. The van der Waals surface area contributed by atoms with Gasteiger partial charge >= 0.3 is 11.9 Å². The van der Waals surface area contributed by atoms with Gasteiger partial charge in [0.2, 0.25) is 0 Å². The van der Waals surface area contributed by atoms with Crippen LogP contribution >= 0.6 is 0 Å². The van der Waals surface area contributed by atoms with E-state index in [1.54, 1.807) is 5.56 Å². The predicted octanol–water partition coefficient (Wildman–Crippen LogP) is 4.16. The molecule has 0 atom stereocenters. The van der Waals surface area contributed by atoms with E-state index >= 15 is 0 Å². The number of rotatable bonds is 4. The van der Waals surface area contributed by atoms with Gasteiger partial charge in [-0.25, -0.2) is 9.59 Å². The van der Waals surface area contributed by atoms with Crippen LogP contribution in [0.25, 0.3) is 0 Å². The third-order valence-corrected chi connectivity index (χ3v) is 8.12. The summed E-state index contributed by atoms with van der Waals surface area (Å²) >= 11 is 0. The first-order chi connectivity index (χ1) is 17.5. The fraction of sp³-hybridized carbons (Fsp3) is 0.517. The van der Waals surface area contributed by atoms with Gasteiger partial charge in [-0.3, -0.25) is 4.90 Å². The van der Waals surface area contributed by atoms with Crippen molar-refractivity contribution in [1.82, 2.24) is 9.80 Å². The van der Waals surface area contributed by atoms with E-state index in [-0.39, 0.29) is 0 Å². The summed E-state index contributed by atoms with van der Waals surface area (Å²) in [6.45, 7) is 7.42. The number of carbonyl (C=O) groups is 2. The number of likely N-dealkylation sites (tertiary alicyclic amines) is 1. The molecule has 3 fully saturated rings. The SMILES string of the molecule is O=C(O)C(=O)O.c1ccc(C2CCC(N3CCC(N4CCN(c5ccccc5)CC4)CC3)CC2)cc1. The molecule has 36 heavy (non-hydrogen) atoms. The number of aliphatic carboxylic acids is 2. The van der Waals surface area contributed by atoms with E-state index in [1.807, 2.05) is 0 Å². The summed E-state index contributed by atoms with van der Waals surface area (Å²) in [5.41, 5.74) is 2.95. The zero-order valence-electron chi connectivity index (χ0n) is 21.0. The first-order valence-electron chi connectivity index (χ1n) is 13.3. The summed E-state index contributed by atoms with van der Waals surface area (Å²) in [5, 5.41) is 14.8. The normalized spacial score (nSPS) is 23.9. The van der Waals surface area contributed by atoms with Crippen LogP contribution in [0.5, 0.6) is 0 Å². The molecular weight excluding hydrogens is 454 g/mol. The van der Waals surface area contributed by atoms with Crippen molar-refractivity contribution in [1.29, 1.82) is 0 Å². The number of nitrogens with zero attached hydrogens (tertiary/aromatic N) is 3. The fourth-order valence-corrected chi connectivity index (χ4v) is 6.10. The molecule has 2 aromatic rings. The number of carboxylic acid groups (broad SMARTS) is 2. The van der Waals surface area contributed by atoms with Crippen LogP contribution in [0, 0.1) is 0 Å². The topological polar surface area (TPSA) is 84.3 Å². The number of piperazine rings is 1.